The lowest BCUT2D eigenvalue weighted by atomic mass is 10.1. The van der Waals surface area contributed by atoms with Gasteiger partial charge < -0.3 is 10.6 Å². The highest BCUT2D eigenvalue weighted by Gasteiger charge is 2.16. The van der Waals surface area contributed by atoms with E-state index in [0.717, 1.165) is 27.5 Å². The van der Waals surface area contributed by atoms with Crippen LogP contribution >= 0.6 is 15.9 Å². The quantitative estimate of drug-likeness (QED) is 0.565. The third kappa shape index (κ3) is 4.94. The van der Waals surface area contributed by atoms with E-state index in [1.165, 1.54) is 12.1 Å². The Morgan fingerprint density at radius 2 is 1.90 bits per heavy atom. The number of benzene rings is 2. The molecule has 30 heavy (non-hydrogen) atoms. The number of hydrogen-bond acceptors (Lipinski definition) is 3. The van der Waals surface area contributed by atoms with Gasteiger partial charge in [-0.2, -0.15) is 5.10 Å². The fourth-order valence-electron chi connectivity index (χ4n) is 3.22. The van der Waals surface area contributed by atoms with Crippen LogP contribution in [-0.2, 0) is 13.5 Å². The van der Waals surface area contributed by atoms with E-state index in [4.69, 9.17) is 0 Å². The van der Waals surface area contributed by atoms with Crippen molar-refractivity contribution in [1.82, 2.24) is 15.1 Å². The first-order valence-corrected chi connectivity index (χ1v) is 10.2. The lowest BCUT2D eigenvalue weighted by Gasteiger charge is -2.12. The second kappa shape index (κ2) is 9.21. The van der Waals surface area contributed by atoms with E-state index in [1.807, 2.05) is 25.6 Å². The zero-order chi connectivity index (χ0) is 21.8. The van der Waals surface area contributed by atoms with Crippen LogP contribution < -0.4 is 10.6 Å². The molecule has 1 aromatic heterocycles. The number of carbonyl (C=O) groups is 2. The normalized spacial score (nSPS) is 10.7. The van der Waals surface area contributed by atoms with Crippen LogP contribution in [0.4, 0.5) is 10.1 Å². The van der Waals surface area contributed by atoms with Gasteiger partial charge in [-0.3, -0.25) is 14.3 Å². The molecule has 2 aromatic carbocycles. The molecule has 1 heterocycles. The first kappa shape index (κ1) is 21.7. The highest BCUT2D eigenvalue weighted by atomic mass is 79.9. The molecule has 156 valence electrons. The van der Waals surface area contributed by atoms with Gasteiger partial charge in [-0.05, 0) is 62.2 Å². The summed E-state index contributed by atoms with van der Waals surface area (Å²) in [5.74, 6) is -1.37. The minimum absolute atomic E-state index is 0.117. The molecule has 0 fully saturated rings. The molecular weight excluding hydrogens is 451 g/mol. The zero-order valence-electron chi connectivity index (χ0n) is 16.9. The minimum atomic E-state index is -0.544. The van der Waals surface area contributed by atoms with Gasteiger partial charge in [-0.25, -0.2) is 4.39 Å². The van der Waals surface area contributed by atoms with Gasteiger partial charge in [0.15, 0.2) is 0 Å². The molecule has 0 saturated heterocycles. The van der Waals surface area contributed by atoms with E-state index in [2.05, 4.69) is 31.7 Å². The first-order chi connectivity index (χ1) is 14.3. The van der Waals surface area contributed by atoms with Crippen molar-refractivity contribution in [1.29, 1.82) is 0 Å². The lowest BCUT2D eigenvalue weighted by Crippen LogP contribution is -2.27. The van der Waals surface area contributed by atoms with Crippen LogP contribution in [0, 0.1) is 19.7 Å². The van der Waals surface area contributed by atoms with Crippen LogP contribution in [0.2, 0.25) is 0 Å². The Labute approximate surface area is 182 Å². The van der Waals surface area contributed by atoms with Crippen LogP contribution in [0.25, 0.3) is 0 Å². The number of anilines is 1. The number of carbonyl (C=O) groups excluding carboxylic acids is 2. The van der Waals surface area contributed by atoms with E-state index in [-0.39, 0.29) is 11.3 Å². The van der Waals surface area contributed by atoms with E-state index < -0.39 is 17.6 Å². The van der Waals surface area contributed by atoms with E-state index >= 15 is 0 Å². The topological polar surface area (TPSA) is 76.0 Å². The predicted molar refractivity (Wildman–Crippen MR) is 117 cm³/mol. The van der Waals surface area contributed by atoms with Gasteiger partial charge in [-0.1, -0.05) is 22.0 Å². The van der Waals surface area contributed by atoms with Crippen LogP contribution in [-0.4, -0.2) is 28.1 Å². The average molecular weight is 473 g/mol. The maximum absolute atomic E-state index is 13.8. The molecule has 0 aliphatic heterocycles. The van der Waals surface area contributed by atoms with Crippen LogP contribution in [0.1, 0.15) is 37.7 Å². The predicted octanol–water partition coefficient (Wildman–Crippen LogP) is 4.16. The largest absolute Gasteiger partial charge is 0.352 e. The van der Waals surface area contributed by atoms with Crippen molar-refractivity contribution in [2.45, 2.75) is 20.3 Å². The molecule has 0 aliphatic rings. The smallest absolute Gasteiger partial charge is 0.255 e. The molecule has 0 atom stereocenters. The zero-order valence-corrected chi connectivity index (χ0v) is 18.5. The van der Waals surface area contributed by atoms with Crippen LogP contribution in [0.3, 0.4) is 0 Å². The van der Waals surface area contributed by atoms with Gasteiger partial charge in [0.2, 0.25) is 0 Å². The van der Waals surface area contributed by atoms with Gasteiger partial charge in [-0.15, -0.1) is 0 Å². The van der Waals surface area contributed by atoms with Gasteiger partial charge >= 0.3 is 0 Å². The molecule has 2 N–H and O–H groups in total. The first-order valence-electron chi connectivity index (χ1n) is 9.40. The summed E-state index contributed by atoms with van der Waals surface area (Å²) < 4.78 is 16.3. The second-order valence-corrected chi connectivity index (χ2v) is 7.85. The van der Waals surface area contributed by atoms with Crippen molar-refractivity contribution in [2.24, 2.45) is 7.05 Å². The third-order valence-electron chi connectivity index (χ3n) is 4.88. The standard InChI is InChI=1S/C22H22BrFN4O2/c1-13-18(14(2)28(3)27-13)9-10-25-22(30)19-8-7-17(24)12-20(19)26-21(29)15-5-4-6-16(23)11-15/h4-8,11-12H,9-10H2,1-3H3,(H,25,30)(H,26,29). The molecule has 8 heteroatoms. The molecule has 0 saturated carbocycles. The van der Waals surface area contributed by atoms with E-state index in [1.54, 1.807) is 24.3 Å². The maximum atomic E-state index is 13.8. The summed E-state index contributed by atoms with van der Waals surface area (Å²) in [5, 5.41) is 9.84. The minimum Gasteiger partial charge on any atom is -0.352 e. The van der Waals surface area contributed by atoms with Crippen molar-refractivity contribution >= 4 is 33.4 Å². The Morgan fingerprint density at radius 3 is 2.57 bits per heavy atom. The number of nitrogens with one attached hydrogen (secondary N) is 2. The number of aromatic nitrogens is 2. The molecule has 0 bridgehead atoms. The Morgan fingerprint density at radius 1 is 1.13 bits per heavy atom. The van der Waals surface area contributed by atoms with Crippen molar-refractivity contribution in [3.63, 3.8) is 0 Å². The van der Waals surface area contributed by atoms with Gasteiger partial charge in [0.1, 0.15) is 5.82 Å². The van der Waals surface area contributed by atoms with Crippen LogP contribution in [0.5, 0.6) is 0 Å². The summed E-state index contributed by atoms with van der Waals surface area (Å²) in [4.78, 5) is 25.2. The summed E-state index contributed by atoms with van der Waals surface area (Å²) in [7, 11) is 1.88. The van der Waals surface area contributed by atoms with Crippen molar-refractivity contribution in [3.8, 4) is 0 Å². The monoisotopic (exact) mass is 472 g/mol. The number of aryl methyl sites for hydroxylation is 2. The lowest BCUT2D eigenvalue weighted by molar-refractivity contribution is 0.0955. The molecule has 0 aliphatic carbocycles. The molecule has 0 radical (unpaired) electrons. The van der Waals surface area contributed by atoms with E-state index in [9.17, 15) is 14.0 Å². The molecule has 0 unspecified atom stereocenters. The Hall–Kier alpha value is -3.00. The molecule has 0 spiro atoms. The van der Waals surface area contributed by atoms with Crippen molar-refractivity contribution in [2.75, 3.05) is 11.9 Å². The Balaban J connectivity index is 1.72. The Bertz CT molecular complexity index is 1110. The fraction of sp³-hybridized carbons (Fsp3) is 0.227. The number of rotatable bonds is 6. The molecule has 6 nitrogen and oxygen atoms in total. The number of nitrogens with zero attached hydrogens (tertiary/aromatic N) is 2. The second-order valence-electron chi connectivity index (χ2n) is 6.93. The number of halogens is 2. The van der Waals surface area contributed by atoms with Gasteiger partial charge in [0.05, 0.1) is 16.9 Å². The average Bonchev–Trinajstić information content (AvgIpc) is 2.94. The van der Waals surface area contributed by atoms with Gasteiger partial charge in [0, 0.05) is 29.3 Å². The third-order valence-corrected chi connectivity index (χ3v) is 5.37. The summed E-state index contributed by atoms with van der Waals surface area (Å²) in [6.07, 6.45) is 0.623. The highest BCUT2D eigenvalue weighted by Crippen LogP contribution is 2.20. The van der Waals surface area contributed by atoms with Crippen molar-refractivity contribution in [3.05, 3.63) is 80.8 Å². The van der Waals surface area contributed by atoms with Crippen molar-refractivity contribution < 1.29 is 14.0 Å². The maximum Gasteiger partial charge on any atom is 0.255 e. The fourth-order valence-corrected chi connectivity index (χ4v) is 3.62. The number of amides is 2. The van der Waals surface area contributed by atoms with Gasteiger partial charge in [0.25, 0.3) is 11.8 Å². The van der Waals surface area contributed by atoms with Crippen LogP contribution in [0.15, 0.2) is 46.9 Å². The SMILES string of the molecule is Cc1nn(C)c(C)c1CCNC(=O)c1ccc(F)cc1NC(=O)c1cccc(Br)c1. The summed E-state index contributed by atoms with van der Waals surface area (Å²) in [5.41, 5.74) is 3.76. The number of hydrogen-bond donors (Lipinski definition) is 2. The molecule has 2 amide bonds. The molecule has 3 aromatic rings. The highest BCUT2D eigenvalue weighted by molar-refractivity contribution is 9.10. The summed E-state index contributed by atoms with van der Waals surface area (Å²) in [6, 6.07) is 10.5. The molecule has 3 rings (SSSR count). The summed E-state index contributed by atoms with van der Waals surface area (Å²) in [6.45, 7) is 4.30. The summed E-state index contributed by atoms with van der Waals surface area (Å²) >= 11 is 3.31. The Kier molecular flexibility index (Phi) is 6.66. The molecular formula is C22H22BrFN4O2. The van der Waals surface area contributed by atoms with E-state index in [0.29, 0.717) is 18.5 Å².